The minimum Gasteiger partial charge on any atom is -0.483 e. The number of carbonyl (C=O) groups is 2. The molecule has 1 amide bonds. The Labute approximate surface area is 170 Å². The van der Waals surface area contributed by atoms with Gasteiger partial charge in [-0.25, -0.2) is 15.0 Å². The molecule has 2 aliphatic heterocycles. The fourth-order valence-electron chi connectivity index (χ4n) is 3.91. The van der Waals surface area contributed by atoms with Crippen molar-refractivity contribution in [1.82, 2.24) is 24.8 Å². The molecule has 0 saturated carbocycles. The van der Waals surface area contributed by atoms with Crippen molar-refractivity contribution in [2.45, 2.75) is 45.6 Å². The van der Waals surface area contributed by atoms with Crippen LogP contribution in [0.15, 0.2) is 18.7 Å². The van der Waals surface area contributed by atoms with Crippen LogP contribution in [0.2, 0.25) is 0 Å². The summed E-state index contributed by atoms with van der Waals surface area (Å²) in [5.74, 6) is 2.42. The summed E-state index contributed by atoms with van der Waals surface area (Å²) >= 11 is 0. The summed E-state index contributed by atoms with van der Waals surface area (Å²) in [7, 11) is 0. The summed E-state index contributed by atoms with van der Waals surface area (Å²) in [5.41, 5.74) is 1.59. The minimum atomic E-state index is -0.250. The predicted molar refractivity (Wildman–Crippen MR) is 108 cm³/mol. The Bertz CT molecular complexity index is 837. The van der Waals surface area contributed by atoms with E-state index in [0.29, 0.717) is 18.2 Å². The maximum absolute atomic E-state index is 12.3. The van der Waals surface area contributed by atoms with Gasteiger partial charge in [0.1, 0.15) is 17.3 Å². The van der Waals surface area contributed by atoms with Crippen LogP contribution in [0.3, 0.4) is 0 Å². The van der Waals surface area contributed by atoms with Crippen LogP contribution in [0.25, 0.3) is 0 Å². The number of rotatable bonds is 4. The lowest BCUT2D eigenvalue weighted by Gasteiger charge is -2.36. The van der Waals surface area contributed by atoms with Crippen LogP contribution >= 0.6 is 0 Å². The first kappa shape index (κ1) is 20.8. The molecular formula is C20H28N6O3. The molecule has 9 nitrogen and oxygen atoms in total. The van der Waals surface area contributed by atoms with E-state index in [4.69, 9.17) is 14.9 Å². The molecule has 4 heterocycles. The number of hydrogen-bond donors (Lipinski definition) is 2. The van der Waals surface area contributed by atoms with Gasteiger partial charge in [0.15, 0.2) is 0 Å². The third-order valence-corrected chi connectivity index (χ3v) is 5.24. The Morgan fingerprint density at radius 1 is 1.38 bits per heavy atom. The molecule has 0 aromatic carbocycles. The number of amides is 1. The van der Waals surface area contributed by atoms with Crippen molar-refractivity contribution in [1.29, 1.82) is 0 Å². The van der Waals surface area contributed by atoms with E-state index < -0.39 is 0 Å². The van der Waals surface area contributed by atoms with Gasteiger partial charge in [0.2, 0.25) is 0 Å². The zero-order chi connectivity index (χ0) is 20.8. The van der Waals surface area contributed by atoms with Gasteiger partial charge in [0.25, 0.3) is 12.4 Å². The highest BCUT2D eigenvalue weighted by Crippen LogP contribution is 2.30. The Balaban J connectivity index is 0.000000755. The third-order valence-electron chi connectivity index (χ3n) is 5.24. The Morgan fingerprint density at radius 2 is 2.17 bits per heavy atom. The fraction of sp³-hybridized carbons (Fsp3) is 0.550. The number of fused-ring (bicyclic) bond motifs is 1. The molecule has 4 rings (SSSR count). The van der Waals surface area contributed by atoms with Crippen molar-refractivity contribution in [3.63, 3.8) is 0 Å². The molecule has 1 atom stereocenters. The number of carboxylic acid groups (broad SMARTS) is 1. The molecule has 9 heteroatoms. The van der Waals surface area contributed by atoms with Crippen molar-refractivity contribution in [3.8, 4) is 0 Å². The SMILES string of the molecule is CC(C)c1nc2c(c(N3CCCC(Cn4ccnc4)C3)n1)CCNC2=O.O=CO. The molecule has 2 N–H and O–H groups in total. The number of carbonyl (C=O) groups excluding carboxylic acids is 1. The molecule has 1 unspecified atom stereocenters. The Kier molecular flexibility index (Phi) is 6.79. The standard InChI is InChI=1S/C19H26N6O.CH2O2/c1-13(2)17-22-16-15(5-6-21-19(16)26)18(23-17)25-8-3-4-14(11-25)10-24-9-7-20-12-24;2-1-3/h7,9,12-14H,3-6,8,10-11H2,1-2H3,(H,21,26);1H,(H,2,3). The quantitative estimate of drug-likeness (QED) is 0.751. The van der Waals surface area contributed by atoms with Gasteiger partial charge in [-0.1, -0.05) is 13.8 Å². The number of hydrogen-bond acceptors (Lipinski definition) is 6. The average molecular weight is 400 g/mol. The van der Waals surface area contributed by atoms with Crippen molar-refractivity contribution in [2.75, 3.05) is 24.5 Å². The second-order valence-corrected chi connectivity index (χ2v) is 7.71. The van der Waals surface area contributed by atoms with E-state index in [-0.39, 0.29) is 18.3 Å². The lowest BCUT2D eigenvalue weighted by Crippen LogP contribution is -2.41. The molecule has 1 fully saturated rings. The number of piperidine rings is 1. The van der Waals surface area contributed by atoms with Gasteiger partial charge in [-0.15, -0.1) is 0 Å². The highest BCUT2D eigenvalue weighted by Gasteiger charge is 2.29. The van der Waals surface area contributed by atoms with E-state index in [9.17, 15) is 4.79 Å². The van der Waals surface area contributed by atoms with E-state index in [1.807, 2.05) is 18.7 Å². The van der Waals surface area contributed by atoms with Gasteiger partial charge in [0, 0.05) is 50.1 Å². The summed E-state index contributed by atoms with van der Waals surface area (Å²) in [6, 6.07) is 0. The molecule has 0 bridgehead atoms. The van der Waals surface area contributed by atoms with Crippen LogP contribution in [0, 0.1) is 5.92 Å². The monoisotopic (exact) mass is 400 g/mol. The maximum Gasteiger partial charge on any atom is 0.290 e. The number of aromatic nitrogens is 4. The van der Waals surface area contributed by atoms with Crippen LogP contribution < -0.4 is 10.2 Å². The van der Waals surface area contributed by atoms with Crippen molar-refractivity contribution >= 4 is 18.2 Å². The molecule has 0 spiro atoms. The lowest BCUT2D eigenvalue weighted by atomic mass is 9.96. The average Bonchev–Trinajstić information content (AvgIpc) is 3.21. The second kappa shape index (κ2) is 9.49. The summed E-state index contributed by atoms with van der Waals surface area (Å²) in [5, 5.41) is 9.80. The van der Waals surface area contributed by atoms with Crippen molar-refractivity contribution < 1.29 is 14.7 Å². The number of imidazole rings is 1. The first-order chi connectivity index (χ1) is 14.0. The topological polar surface area (TPSA) is 113 Å². The van der Waals surface area contributed by atoms with Crippen LogP contribution in [0.5, 0.6) is 0 Å². The fourth-order valence-corrected chi connectivity index (χ4v) is 3.91. The maximum atomic E-state index is 12.3. The summed E-state index contributed by atoms with van der Waals surface area (Å²) in [4.78, 5) is 36.7. The van der Waals surface area contributed by atoms with Crippen LogP contribution in [-0.2, 0) is 17.8 Å². The summed E-state index contributed by atoms with van der Waals surface area (Å²) < 4.78 is 2.15. The Morgan fingerprint density at radius 3 is 2.86 bits per heavy atom. The molecule has 1 saturated heterocycles. The van der Waals surface area contributed by atoms with Crippen LogP contribution in [0.4, 0.5) is 5.82 Å². The molecule has 2 aromatic rings. The van der Waals surface area contributed by atoms with Gasteiger partial charge in [-0.05, 0) is 25.2 Å². The van der Waals surface area contributed by atoms with E-state index in [0.717, 1.165) is 49.7 Å². The number of nitrogens with one attached hydrogen (secondary N) is 1. The highest BCUT2D eigenvalue weighted by atomic mass is 16.3. The van der Waals surface area contributed by atoms with Gasteiger partial charge in [-0.2, -0.15) is 0 Å². The van der Waals surface area contributed by atoms with Gasteiger partial charge in [-0.3, -0.25) is 9.59 Å². The summed E-state index contributed by atoms with van der Waals surface area (Å²) in [6.07, 6.45) is 8.88. The van der Waals surface area contributed by atoms with Crippen LogP contribution in [-0.4, -0.2) is 56.6 Å². The van der Waals surface area contributed by atoms with E-state index in [1.54, 1.807) is 0 Å². The molecule has 0 aliphatic carbocycles. The van der Waals surface area contributed by atoms with Gasteiger partial charge >= 0.3 is 0 Å². The third kappa shape index (κ3) is 4.90. The minimum absolute atomic E-state index is 0.0659. The van der Waals surface area contributed by atoms with Crippen molar-refractivity contribution in [2.24, 2.45) is 5.92 Å². The number of anilines is 1. The van der Waals surface area contributed by atoms with E-state index >= 15 is 0 Å². The van der Waals surface area contributed by atoms with Crippen LogP contribution in [0.1, 0.15) is 54.5 Å². The van der Waals surface area contributed by atoms with E-state index in [2.05, 4.69) is 38.6 Å². The first-order valence-corrected chi connectivity index (χ1v) is 10.0. The number of nitrogens with zero attached hydrogens (tertiary/aromatic N) is 5. The zero-order valence-corrected chi connectivity index (χ0v) is 16.9. The molecule has 2 aliphatic rings. The van der Waals surface area contributed by atoms with Crippen molar-refractivity contribution in [3.05, 3.63) is 35.8 Å². The predicted octanol–water partition coefficient (Wildman–Crippen LogP) is 1.70. The van der Waals surface area contributed by atoms with Gasteiger partial charge < -0.3 is 19.9 Å². The van der Waals surface area contributed by atoms with Gasteiger partial charge in [0.05, 0.1) is 6.33 Å². The first-order valence-electron chi connectivity index (χ1n) is 10.0. The smallest absolute Gasteiger partial charge is 0.290 e. The Hall–Kier alpha value is -2.97. The normalized spacial score (nSPS) is 18.5. The molecular weight excluding hydrogens is 372 g/mol. The molecule has 156 valence electrons. The molecule has 2 aromatic heterocycles. The molecule has 29 heavy (non-hydrogen) atoms. The second-order valence-electron chi connectivity index (χ2n) is 7.71. The zero-order valence-electron chi connectivity index (χ0n) is 16.9. The summed E-state index contributed by atoms with van der Waals surface area (Å²) in [6.45, 7) is 7.48. The highest BCUT2D eigenvalue weighted by molar-refractivity contribution is 5.96. The largest absolute Gasteiger partial charge is 0.483 e. The lowest BCUT2D eigenvalue weighted by molar-refractivity contribution is -0.122. The molecule has 0 radical (unpaired) electrons. The van der Waals surface area contributed by atoms with E-state index in [1.165, 1.54) is 6.42 Å².